The highest BCUT2D eigenvalue weighted by Gasteiger charge is 2.16. The molecule has 0 aliphatic heterocycles. The van der Waals surface area contributed by atoms with E-state index in [2.05, 4.69) is 9.97 Å². The fraction of sp³-hybridized carbons (Fsp3) is 0.0556. The Morgan fingerprint density at radius 2 is 1.32 bits per heavy atom. The van der Waals surface area contributed by atoms with Crippen molar-refractivity contribution in [2.75, 3.05) is 7.11 Å². The van der Waals surface area contributed by atoms with Gasteiger partial charge < -0.3 is 4.74 Å². The Labute approximate surface area is 128 Å². The van der Waals surface area contributed by atoms with Crippen LogP contribution in [0.25, 0.3) is 22.5 Å². The minimum atomic E-state index is 0.182. The summed E-state index contributed by atoms with van der Waals surface area (Å²) in [4.78, 5) is 8.96. The van der Waals surface area contributed by atoms with E-state index < -0.39 is 0 Å². The summed E-state index contributed by atoms with van der Waals surface area (Å²) in [6.45, 7) is 0. The van der Waals surface area contributed by atoms with Crippen molar-refractivity contribution >= 4 is 0 Å². The molecule has 0 amide bonds. The van der Waals surface area contributed by atoms with Crippen LogP contribution >= 0.6 is 0 Å². The number of aromatic nitrogens is 2. The first-order valence-corrected chi connectivity index (χ1v) is 6.80. The van der Waals surface area contributed by atoms with E-state index in [-0.39, 0.29) is 11.6 Å². The van der Waals surface area contributed by atoms with Gasteiger partial charge in [0.15, 0.2) is 0 Å². The summed E-state index contributed by atoms with van der Waals surface area (Å²) in [6.07, 6.45) is 0. The van der Waals surface area contributed by atoms with Gasteiger partial charge in [-0.2, -0.15) is 5.26 Å². The Kier molecular flexibility index (Phi) is 3.80. The minimum absolute atomic E-state index is 0.182. The number of ether oxygens (including phenoxy) is 1. The summed E-state index contributed by atoms with van der Waals surface area (Å²) in [5, 5.41) is 9.25. The molecule has 3 rings (SSSR count). The van der Waals surface area contributed by atoms with Crippen molar-refractivity contribution in [1.82, 2.24) is 9.97 Å². The third-order valence-corrected chi connectivity index (χ3v) is 3.26. The molecular weight excluding hydrogens is 274 g/mol. The molecule has 4 nitrogen and oxygen atoms in total. The molecule has 0 saturated heterocycles. The molecule has 106 valence electrons. The summed E-state index contributed by atoms with van der Waals surface area (Å²) in [6, 6.07) is 21.5. The van der Waals surface area contributed by atoms with Crippen molar-refractivity contribution in [3.63, 3.8) is 0 Å². The zero-order valence-electron chi connectivity index (χ0n) is 12.0. The monoisotopic (exact) mass is 287 g/mol. The molecule has 0 radical (unpaired) electrons. The summed E-state index contributed by atoms with van der Waals surface area (Å²) in [7, 11) is 1.49. The van der Waals surface area contributed by atoms with E-state index in [4.69, 9.17) is 4.74 Å². The molecule has 1 heterocycles. The van der Waals surface area contributed by atoms with Crippen molar-refractivity contribution in [2.45, 2.75) is 0 Å². The van der Waals surface area contributed by atoms with E-state index in [9.17, 15) is 5.26 Å². The fourth-order valence-electron chi connectivity index (χ4n) is 2.23. The van der Waals surface area contributed by atoms with Crippen LogP contribution in [0.3, 0.4) is 0 Å². The van der Waals surface area contributed by atoms with E-state index in [0.29, 0.717) is 11.4 Å². The van der Waals surface area contributed by atoms with Crippen LogP contribution in [0.2, 0.25) is 0 Å². The van der Waals surface area contributed by atoms with Gasteiger partial charge in [-0.25, -0.2) is 9.97 Å². The van der Waals surface area contributed by atoms with E-state index >= 15 is 0 Å². The van der Waals surface area contributed by atoms with Crippen LogP contribution in [0.1, 0.15) is 5.69 Å². The summed E-state index contributed by atoms with van der Waals surface area (Å²) in [5.74, 6) is 0.237. The SMILES string of the molecule is COc1nc(-c2ccccc2)c(-c2ccccc2)nc1C#N. The van der Waals surface area contributed by atoms with Crippen LogP contribution in [0, 0.1) is 11.3 Å². The van der Waals surface area contributed by atoms with Gasteiger partial charge in [-0.05, 0) is 0 Å². The zero-order chi connectivity index (χ0) is 15.4. The Hall–Kier alpha value is -3.19. The third-order valence-electron chi connectivity index (χ3n) is 3.26. The summed E-state index contributed by atoms with van der Waals surface area (Å²) < 4.78 is 5.19. The molecule has 0 saturated carbocycles. The van der Waals surface area contributed by atoms with Gasteiger partial charge in [-0.3, -0.25) is 0 Å². The van der Waals surface area contributed by atoms with Gasteiger partial charge in [-0.1, -0.05) is 60.7 Å². The van der Waals surface area contributed by atoms with Crippen LogP contribution < -0.4 is 4.74 Å². The van der Waals surface area contributed by atoms with Crippen molar-refractivity contribution in [2.24, 2.45) is 0 Å². The molecule has 0 atom stereocenters. The number of nitriles is 1. The molecule has 0 N–H and O–H groups in total. The zero-order valence-corrected chi connectivity index (χ0v) is 12.0. The molecule has 0 unspecified atom stereocenters. The van der Waals surface area contributed by atoms with Gasteiger partial charge in [0.2, 0.25) is 5.69 Å². The molecular formula is C18H13N3O. The van der Waals surface area contributed by atoms with Crippen molar-refractivity contribution in [1.29, 1.82) is 5.26 Å². The maximum Gasteiger partial charge on any atom is 0.251 e. The molecule has 3 aromatic rings. The second kappa shape index (κ2) is 6.06. The number of rotatable bonds is 3. The van der Waals surface area contributed by atoms with Crippen LogP contribution in [-0.2, 0) is 0 Å². The van der Waals surface area contributed by atoms with Crippen molar-refractivity contribution in [3.05, 3.63) is 66.4 Å². The van der Waals surface area contributed by atoms with Gasteiger partial charge in [0.25, 0.3) is 5.88 Å². The number of benzene rings is 2. The standard InChI is InChI=1S/C18H13N3O/c1-22-18-15(12-19)20-16(13-8-4-2-5-9-13)17(21-18)14-10-6-3-7-11-14/h2-11H,1H3. The van der Waals surface area contributed by atoms with Gasteiger partial charge in [0.05, 0.1) is 12.8 Å². The quantitative estimate of drug-likeness (QED) is 0.737. The number of nitrogens with zero attached hydrogens (tertiary/aromatic N) is 3. The second-order valence-electron chi connectivity index (χ2n) is 4.62. The van der Waals surface area contributed by atoms with E-state index in [0.717, 1.165) is 11.1 Å². The molecule has 0 spiro atoms. The lowest BCUT2D eigenvalue weighted by Crippen LogP contribution is -2.01. The van der Waals surface area contributed by atoms with E-state index in [1.165, 1.54) is 7.11 Å². The molecule has 0 aliphatic rings. The van der Waals surface area contributed by atoms with Gasteiger partial charge >= 0.3 is 0 Å². The van der Waals surface area contributed by atoms with Gasteiger partial charge in [0, 0.05) is 11.1 Å². The topological polar surface area (TPSA) is 58.8 Å². The first-order chi connectivity index (χ1) is 10.8. The Bertz CT molecular complexity index is 824. The number of hydrogen-bond acceptors (Lipinski definition) is 4. The van der Waals surface area contributed by atoms with Crippen LogP contribution in [0.4, 0.5) is 0 Å². The number of methoxy groups -OCH3 is 1. The van der Waals surface area contributed by atoms with Gasteiger partial charge in [-0.15, -0.1) is 0 Å². The van der Waals surface area contributed by atoms with E-state index in [1.807, 2.05) is 66.7 Å². The van der Waals surface area contributed by atoms with Crippen LogP contribution in [0.5, 0.6) is 5.88 Å². The molecule has 1 aromatic heterocycles. The molecule has 22 heavy (non-hydrogen) atoms. The Balaban J connectivity index is 2.29. The lowest BCUT2D eigenvalue weighted by Gasteiger charge is -2.11. The summed E-state index contributed by atoms with van der Waals surface area (Å²) in [5.41, 5.74) is 3.39. The predicted octanol–water partition coefficient (Wildman–Crippen LogP) is 3.69. The highest BCUT2D eigenvalue weighted by atomic mass is 16.5. The molecule has 0 bridgehead atoms. The predicted molar refractivity (Wildman–Crippen MR) is 84.2 cm³/mol. The normalized spacial score (nSPS) is 10.0. The van der Waals surface area contributed by atoms with Crippen molar-refractivity contribution in [3.8, 4) is 34.5 Å². The first kappa shape index (κ1) is 13.8. The highest BCUT2D eigenvalue weighted by Crippen LogP contribution is 2.31. The summed E-state index contributed by atoms with van der Waals surface area (Å²) >= 11 is 0. The highest BCUT2D eigenvalue weighted by molar-refractivity contribution is 5.78. The Morgan fingerprint density at radius 1 is 0.818 bits per heavy atom. The fourth-order valence-corrected chi connectivity index (χ4v) is 2.23. The third kappa shape index (κ3) is 2.52. The Morgan fingerprint density at radius 3 is 1.77 bits per heavy atom. The lowest BCUT2D eigenvalue weighted by atomic mass is 10.0. The van der Waals surface area contributed by atoms with Crippen LogP contribution in [-0.4, -0.2) is 17.1 Å². The van der Waals surface area contributed by atoms with E-state index in [1.54, 1.807) is 0 Å². The second-order valence-corrected chi connectivity index (χ2v) is 4.62. The minimum Gasteiger partial charge on any atom is -0.479 e. The molecule has 0 aliphatic carbocycles. The average Bonchev–Trinajstić information content (AvgIpc) is 2.62. The first-order valence-electron chi connectivity index (χ1n) is 6.80. The molecule has 4 heteroatoms. The smallest absolute Gasteiger partial charge is 0.251 e. The van der Waals surface area contributed by atoms with Crippen LogP contribution in [0.15, 0.2) is 60.7 Å². The maximum atomic E-state index is 9.25. The lowest BCUT2D eigenvalue weighted by molar-refractivity contribution is 0.395. The largest absolute Gasteiger partial charge is 0.479 e. The van der Waals surface area contributed by atoms with Gasteiger partial charge in [0.1, 0.15) is 11.8 Å². The average molecular weight is 287 g/mol. The maximum absolute atomic E-state index is 9.25. The molecule has 2 aromatic carbocycles. The van der Waals surface area contributed by atoms with Crippen molar-refractivity contribution < 1.29 is 4.74 Å². The number of hydrogen-bond donors (Lipinski definition) is 0. The molecule has 0 fully saturated rings.